The van der Waals surface area contributed by atoms with E-state index in [0.29, 0.717) is 17.3 Å². The van der Waals surface area contributed by atoms with Gasteiger partial charge in [-0.15, -0.1) is 0 Å². The highest BCUT2D eigenvalue weighted by atomic mass is 32.2. The zero-order valence-electron chi connectivity index (χ0n) is 11.7. The van der Waals surface area contributed by atoms with Gasteiger partial charge in [-0.25, -0.2) is 13.4 Å². The molecule has 1 aromatic carbocycles. The molecule has 0 aliphatic rings. The highest BCUT2D eigenvalue weighted by Gasteiger charge is 2.21. The SMILES string of the molecule is COc1cccc(CS(=O)(=O)c2ccc(N)cc2OC)n1. The van der Waals surface area contributed by atoms with Crippen molar-refractivity contribution in [2.45, 2.75) is 10.6 Å². The van der Waals surface area contributed by atoms with Crippen molar-refractivity contribution in [1.82, 2.24) is 4.98 Å². The molecule has 2 aromatic rings. The average Bonchev–Trinajstić information content (AvgIpc) is 2.46. The molecule has 0 fully saturated rings. The van der Waals surface area contributed by atoms with Crippen LogP contribution in [-0.4, -0.2) is 27.6 Å². The number of ether oxygens (including phenoxy) is 2. The van der Waals surface area contributed by atoms with Crippen molar-refractivity contribution >= 4 is 15.5 Å². The molecule has 0 aliphatic heterocycles. The van der Waals surface area contributed by atoms with Crippen molar-refractivity contribution in [3.8, 4) is 11.6 Å². The zero-order chi connectivity index (χ0) is 15.5. The molecule has 0 amide bonds. The van der Waals surface area contributed by atoms with E-state index in [1.165, 1.54) is 32.4 Å². The first kappa shape index (κ1) is 15.1. The van der Waals surface area contributed by atoms with Gasteiger partial charge in [0.05, 0.1) is 25.7 Å². The monoisotopic (exact) mass is 308 g/mol. The van der Waals surface area contributed by atoms with Crippen molar-refractivity contribution in [3.63, 3.8) is 0 Å². The Hall–Kier alpha value is -2.28. The summed E-state index contributed by atoms with van der Waals surface area (Å²) in [5.41, 5.74) is 6.47. The second-order valence-electron chi connectivity index (χ2n) is 4.34. The molecule has 0 unspecified atom stereocenters. The van der Waals surface area contributed by atoms with E-state index in [9.17, 15) is 8.42 Å². The van der Waals surface area contributed by atoms with E-state index in [4.69, 9.17) is 15.2 Å². The first-order valence-corrected chi connectivity index (χ1v) is 7.77. The molecule has 0 saturated heterocycles. The summed E-state index contributed by atoms with van der Waals surface area (Å²) in [5, 5.41) is 0. The van der Waals surface area contributed by atoms with Crippen molar-refractivity contribution in [3.05, 3.63) is 42.1 Å². The Labute approximate surface area is 123 Å². The van der Waals surface area contributed by atoms with Crippen LogP contribution < -0.4 is 15.2 Å². The van der Waals surface area contributed by atoms with Crippen LogP contribution in [0.1, 0.15) is 5.69 Å². The van der Waals surface area contributed by atoms with Crippen LogP contribution in [0.2, 0.25) is 0 Å². The minimum absolute atomic E-state index is 0.0869. The standard InChI is InChI=1S/C14H16N2O4S/c1-19-12-8-10(15)6-7-13(12)21(17,18)9-11-4-3-5-14(16-11)20-2/h3-8H,9,15H2,1-2H3. The minimum atomic E-state index is -3.60. The second-order valence-corrected chi connectivity index (χ2v) is 6.30. The molecule has 112 valence electrons. The molecule has 21 heavy (non-hydrogen) atoms. The summed E-state index contributed by atoms with van der Waals surface area (Å²) in [5.74, 6) is 0.342. The molecule has 0 radical (unpaired) electrons. The summed E-state index contributed by atoms with van der Waals surface area (Å²) in [4.78, 5) is 4.19. The van der Waals surface area contributed by atoms with Gasteiger partial charge in [0.25, 0.3) is 0 Å². The predicted molar refractivity (Wildman–Crippen MR) is 79.1 cm³/mol. The molecule has 1 aromatic heterocycles. The Morgan fingerprint density at radius 2 is 1.90 bits per heavy atom. The van der Waals surface area contributed by atoms with Crippen LogP contribution in [0.5, 0.6) is 11.6 Å². The number of sulfone groups is 1. The summed E-state index contributed by atoms with van der Waals surface area (Å²) in [6, 6.07) is 9.41. The zero-order valence-corrected chi connectivity index (χ0v) is 12.6. The molecule has 0 atom stereocenters. The smallest absolute Gasteiger partial charge is 0.213 e. The molecule has 1 heterocycles. The van der Waals surface area contributed by atoms with Crippen molar-refractivity contribution in [2.24, 2.45) is 0 Å². The van der Waals surface area contributed by atoms with Crippen LogP contribution in [0, 0.1) is 0 Å². The van der Waals surface area contributed by atoms with Gasteiger partial charge in [0.2, 0.25) is 5.88 Å². The summed E-state index contributed by atoms with van der Waals surface area (Å²) >= 11 is 0. The van der Waals surface area contributed by atoms with E-state index in [-0.39, 0.29) is 16.4 Å². The number of hydrogen-bond donors (Lipinski definition) is 1. The number of nitrogen functional groups attached to an aromatic ring is 1. The number of pyridine rings is 1. The lowest BCUT2D eigenvalue weighted by molar-refractivity contribution is 0.396. The van der Waals surface area contributed by atoms with Crippen LogP contribution >= 0.6 is 0 Å². The third kappa shape index (κ3) is 3.43. The molecular weight excluding hydrogens is 292 g/mol. The molecule has 6 nitrogen and oxygen atoms in total. The maximum atomic E-state index is 12.5. The van der Waals surface area contributed by atoms with Gasteiger partial charge in [0.1, 0.15) is 10.6 Å². The van der Waals surface area contributed by atoms with Gasteiger partial charge in [0, 0.05) is 17.8 Å². The van der Waals surface area contributed by atoms with Crippen LogP contribution in [0.3, 0.4) is 0 Å². The molecule has 7 heteroatoms. The number of benzene rings is 1. The minimum Gasteiger partial charge on any atom is -0.495 e. The van der Waals surface area contributed by atoms with Crippen LogP contribution in [0.25, 0.3) is 0 Å². The molecule has 2 rings (SSSR count). The Morgan fingerprint density at radius 3 is 2.57 bits per heavy atom. The fourth-order valence-electron chi connectivity index (χ4n) is 1.87. The lowest BCUT2D eigenvalue weighted by Gasteiger charge is -2.10. The highest BCUT2D eigenvalue weighted by Crippen LogP contribution is 2.28. The molecule has 0 saturated carbocycles. The summed E-state index contributed by atoms with van der Waals surface area (Å²) in [6.07, 6.45) is 0. The van der Waals surface area contributed by atoms with Gasteiger partial charge in [-0.2, -0.15) is 0 Å². The molecular formula is C14H16N2O4S. The van der Waals surface area contributed by atoms with Crippen LogP contribution in [-0.2, 0) is 15.6 Å². The Kier molecular flexibility index (Phi) is 4.32. The van der Waals surface area contributed by atoms with Gasteiger partial charge in [-0.3, -0.25) is 0 Å². The Morgan fingerprint density at radius 1 is 1.14 bits per heavy atom. The first-order chi connectivity index (χ1) is 9.96. The third-order valence-corrected chi connectivity index (χ3v) is 4.53. The molecule has 0 aliphatic carbocycles. The van der Waals surface area contributed by atoms with Gasteiger partial charge in [-0.1, -0.05) is 6.07 Å². The maximum absolute atomic E-state index is 12.5. The maximum Gasteiger partial charge on any atom is 0.213 e. The second kappa shape index (κ2) is 6.01. The van der Waals surface area contributed by atoms with E-state index in [1.54, 1.807) is 18.2 Å². The Bertz CT molecular complexity index is 744. The van der Waals surface area contributed by atoms with Crippen molar-refractivity contribution in [1.29, 1.82) is 0 Å². The average molecular weight is 308 g/mol. The van der Waals surface area contributed by atoms with Gasteiger partial charge >= 0.3 is 0 Å². The molecule has 2 N–H and O–H groups in total. The fourth-order valence-corrected chi connectivity index (χ4v) is 3.30. The molecule has 0 spiro atoms. The number of rotatable bonds is 5. The van der Waals surface area contributed by atoms with Crippen molar-refractivity contribution in [2.75, 3.05) is 20.0 Å². The van der Waals surface area contributed by atoms with Crippen LogP contribution in [0.15, 0.2) is 41.3 Å². The predicted octanol–water partition coefficient (Wildman–Crippen LogP) is 1.65. The summed E-state index contributed by atoms with van der Waals surface area (Å²) in [7, 11) is -0.720. The quantitative estimate of drug-likeness (QED) is 0.845. The van der Waals surface area contributed by atoms with E-state index in [0.717, 1.165) is 0 Å². The number of anilines is 1. The number of nitrogens with two attached hydrogens (primary N) is 1. The summed E-state index contributed by atoms with van der Waals surface area (Å²) < 4.78 is 35.1. The number of methoxy groups -OCH3 is 2. The lowest BCUT2D eigenvalue weighted by Crippen LogP contribution is -2.08. The Balaban J connectivity index is 2.38. The van der Waals surface area contributed by atoms with E-state index < -0.39 is 9.84 Å². The van der Waals surface area contributed by atoms with Gasteiger partial charge in [-0.05, 0) is 18.2 Å². The number of nitrogens with zero attached hydrogens (tertiary/aromatic N) is 1. The number of hydrogen-bond acceptors (Lipinski definition) is 6. The lowest BCUT2D eigenvalue weighted by atomic mass is 10.3. The molecule has 0 bridgehead atoms. The largest absolute Gasteiger partial charge is 0.495 e. The topological polar surface area (TPSA) is 91.5 Å². The third-order valence-electron chi connectivity index (χ3n) is 2.85. The van der Waals surface area contributed by atoms with Gasteiger partial charge in [0.15, 0.2) is 9.84 Å². The van der Waals surface area contributed by atoms with E-state index in [1.807, 2.05) is 0 Å². The van der Waals surface area contributed by atoms with Gasteiger partial charge < -0.3 is 15.2 Å². The van der Waals surface area contributed by atoms with E-state index >= 15 is 0 Å². The number of aromatic nitrogens is 1. The van der Waals surface area contributed by atoms with E-state index in [2.05, 4.69) is 4.98 Å². The normalized spacial score (nSPS) is 11.1. The van der Waals surface area contributed by atoms with Crippen molar-refractivity contribution < 1.29 is 17.9 Å². The summed E-state index contributed by atoms with van der Waals surface area (Å²) in [6.45, 7) is 0. The highest BCUT2D eigenvalue weighted by molar-refractivity contribution is 7.90. The van der Waals surface area contributed by atoms with Crippen LogP contribution in [0.4, 0.5) is 5.69 Å². The fraction of sp³-hybridized carbons (Fsp3) is 0.214. The first-order valence-electron chi connectivity index (χ1n) is 6.12.